The number of unbranched alkanes of at least 4 members (excludes halogenated alkanes) is 1. The lowest BCUT2D eigenvalue weighted by Gasteiger charge is -2.05. The Hall–Kier alpha value is -1.16. The van der Waals surface area contributed by atoms with E-state index in [1.165, 1.54) is 0 Å². The summed E-state index contributed by atoms with van der Waals surface area (Å²) in [6.45, 7) is 0. The average Bonchev–Trinajstić information content (AvgIpc) is 2.33. The Balaban J connectivity index is 3.94. The van der Waals surface area contributed by atoms with E-state index in [1.54, 1.807) is 0 Å². The van der Waals surface area contributed by atoms with Crippen molar-refractivity contribution in [2.45, 2.75) is 38.5 Å². The van der Waals surface area contributed by atoms with Gasteiger partial charge in [0, 0.05) is 12.8 Å². The van der Waals surface area contributed by atoms with Crippen LogP contribution < -0.4 is 0 Å². The molecule has 0 unspecified atom stereocenters. The third kappa shape index (κ3) is 12.6. The van der Waals surface area contributed by atoms with Crippen LogP contribution in [0.25, 0.3) is 0 Å². The van der Waals surface area contributed by atoms with Crippen LogP contribution in [-0.2, 0) is 29.3 Å². The van der Waals surface area contributed by atoms with Crippen LogP contribution in [0.1, 0.15) is 38.5 Å². The van der Waals surface area contributed by atoms with Crippen LogP contribution in [0.5, 0.6) is 0 Å². The van der Waals surface area contributed by atoms with Gasteiger partial charge < -0.3 is 10.2 Å². The second kappa shape index (κ2) is 9.78. The standard InChI is InChI=1S/C12H22O8S2/c13-11(14)5-3-9-21(17,18)7-1-2-8-22(19,20)10-4-6-12(15)16/h1-10H2,(H,13,14)(H,15,16). The Morgan fingerprint density at radius 3 is 1.14 bits per heavy atom. The van der Waals surface area contributed by atoms with Crippen molar-refractivity contribution in [2.24, 2.45) is 0 Å². The summed E-state index contributed by atoms with van der Waals surface area (Å²) in [5, 5.41) is 16.8. The second-order valence-corrected chi connectivity index (χ2v) is 9.61. The van der Waals surface area contributed by atoms with E-state index < -0.39 is 31.6 Å². The third-order valence-corrected chi connectivity index (χ3v) is 6.50. The van der Waals surface area contributed by atoms with Gasteiger partial charge in [-0.2, -0.15) is 0 Å². The van der Waals surface area contributed by atoms with Crippen molar-refractivity contribution in [2.75, 3.05) is 23.0 Å². The van der Waals surface area contributed by atoms with Gasteiger partial charge in [-0.05, 0) is 25.7 Å². The molecule has 22 heavy (non-hydrogen) atoms. The van der Waals surface area contributed by atoms with Gasteiger partial charge in [0.05, 0.1) is 23.0 Å². The van der Waals surface area contributed by atoms with Crippen LogP contribution in [0.15, 0.2) is 0 Å². The molecule has 0 heterocycles. The SMILES string of the molecule is O=C(O)CCCS(=O)(=O)CCCCS(=O)(=O)CCCC(=O)O. The molecule has 0 aliphatic rings. The van der Waals surface area contributed by atoms with Gasteiger partial charge in [0.1, 0.15) is 19.7 Å². The lowest BCUT2D eigenvalue weighted by atomic mass is 10.3. The number of aliphatic carboxylic acids is 2. The van der Waals surface area contributed by atoms with Crippen LogP contribution in [0, 0.1) is 0 Å². The first kappa shape index (κ1) is 20.8. The number of hydrogen-bond acceptors (Lipinski definition) is 6. The van der Waals surface area contributed by atoms with E-state index in [0.29, 0.717) is 0 Å². The predicted molar refractivity (Wildman–Crippen MR) is 80.3 cm³/mol. The molecule has 0 saturated heterocycles. The van der Waals surface area contributed by atoms with Crippen LogP contribution in [-0.4, -0.2) is 62.0 Å². The van der Waals surface area contributed by atoms with Gasteiger partial charge in [0.25, 0.3) is 0 Å². The predicted octanol–water partition coefficient (Wildman–Crippen LogP) is 0.326. The van der Waals surface area contributed by atoms with E-state index in [2.05, 4.69) is 0 Å². The molecule has 0 atom stereocenters. The zero-order valence-corrected chi connectivity index (χ0v) is 13.9. The monoisotopic (exact) mass is 358 g/mol. The number of carboxylic acid groups (broad SMARTS) is 2. The molecular weight excluding hydrogens is 336 g/mol. The normalized spacial score (nSPS) is 12.2. The van der Waals surface area contributed by atoms with Gasteiger partial charge in [0.2, 0.25) is 0 Å². The van der Waals surface area contributed by atoms with Crippen molar-refractivity contribution < 1.29 is 36.6 Å². The topological polar surface area (TPSA) is 143 Å². The number of carboxylic acids is 2. The molecule has 0 bridgehead atoms. The van der Waals surface area contributed by atoms with Gasteiger partial charge >= 0.3 is 11.9 Å². The molecule has 130 valence electrons. The van der Waals surface area contributed by atoms with Crippen molar-refractivity contribution in [3.63, 3.8) is 0 Å². The summed E-state index contributed by atoms with van der Waals surface area (Å²) in [6, 6.07) is 0. The summed E-state index contributed by atoms with van der Waals surface area (Å²) in [7, 11) is -6.72. The number of sulfone groups is 2. The number of carbonyl (C=O) groups is 2. The molecular formula is C12H22O8S2. The summed E-state index contributed by atoms with van der Waals surface area (Å²) in [6.07, 6.45) is 0.0474. The fourth-order valence-electron chi connectivity index (χ4n) is 1.73. The number of hydrogen-bond donors (Lipinski definition) is 2. The molecule has 2 N–H and O–H groups in total. The molecule has 0 rings (SSSR count). The average molecular weight is 358 g/mol. The lowest BCUT2D eigenvalue weighted by Crippen LogP contribution is -2.15. The minimum absolute atomic E-state index is 0.0468. The first-order chi connectivity index (χ1) is 10.0. The van der Waals surface area contributed by atoms with Crippen LogP contribution >= 0.6 is 0 Å². The fourth-order valence-corrected chi connectivity index (χ4v) is 4.60. The highest BCUT2D eigenvalue weighted by Gasteiger charge is 2.14. The third-order valence-electron chi connectivity index (χ3n) is 2.85. The highest BCUT2D eigenvalue weighted by atomic mass is 32.2. The Kier molecular flexibility index (Phi) is 9.26. The molecule has 0 aromatic rings. The Morgan fingerprint density at radius 2 is 0.864 bits per heavy atom. The van der Waals surface area contributed by atoms with Gasteiger partial charge in [-0.25, -0.2) is 16.8 Å². The fraction of sp³-hybridized carbons (Fsp3) is 0.833. The summed E-state index contributed by atoms with van der Waals surface area (Å²) in [4.78, 5) is 20.6. The molecule has 0 aromatic heterocycles. The highest BCUT2D eigenvalue weighted by molar-refractivity contribution is 7.91. The minimum Gasteiger partial charge on any atom is -0.481 e. The van der Waals surface area contributed by atoms with E-state index in [-0.39, 0.29) is 61.5 Å². The van der Waals surface area contributed by atoms with Gasteiger partial charge in [0.15, 0.2) is 0 Å². The quantitative estimate of drug-likeness (QED) is 0.448. The Bertz CT molecular complexity index is 510. The van der Waals surface area contributed by atoms with Crippen molar-refractivity contribution in [3.05, 3.63) is 0 Å². The minimum atomic E-state index is -3.36. The van der Waals surface area contributed by atoms with E-state index >= 15 is 0 Å². The van der Waals surface area contributed by atoms with Gasteiger partial charge in [-0.15, -0.1) is 0 Å². The van der Waals surface area contributed by atoms with Crippen molar-refractivity contribution in [3.8, 4) is 0 Å². The smallest absolute Gasteiger partial charge is 0.303 e. The van der Waals surface area contributed by atoms with E-state index in [0.717, 1.165) is 0 Å². The van der Waals surface area contributed by atoms with Crippen molar-refractivity contribution in [1.29, 1.82) is 0 Å². The number of rotatable bonds is 13. The Morgan fingerprint density at radius 1 is 0.591 bits per heavy atom. The molecule has 0 aliphatic heterocycles. The van der Waals surface area contributed by atoms with Crippen LogP contribution in [0.2, 0.25) is 0 Å². The molecule has 8 nitrogen and oxygen atoms in total. The van der Waals surface area contributed by atoms with Crippen molar-refractivity contribution in [1.82, 2.24) is 0 Å². The Labute approximate surface area is 130 Å². The lowest BCUT2D eigenvalue weighted by molar-refractivity contribution is -0.138. The zero-order valence-electron chi connectivity index (χ0n) is 12.2. The first-order valence-corrected chi connectivity index (χ1v) is 10.5. The van der Waals surface area contributed by atoms with E-state index in [4.69, 9.17) is 10.2 Å². The van der Waals surface area contributed by atoms with Gasteiger partial charge in [-0.1, -0.05) is 0 Å². The molecule has 0 radical (unpaired) electrons. The van der Waals surface area contributed by atoms with Crippen molar-refractivity contribution >= 4 is 31.6 Å². The highest BCUT2D eigenvalue weighted by Crippen LogP contribution is 2.05. The van der Waals surface area contributed by atoms with E-state index in [1.807, 2.05) is 0 Å². The molecule has 0 amide bonds. The maximum atomic E-state index is 11.6. The summed E-state index contributed by atoms with van der Waals surface area (Å²) < 4.78 is 46.3. The van der Waals surface area contributed by atoms with E-state index in [9.17, 15) is 26.4 Å². The van der Waals surface area contributed by atoms with Gasteiger partial charge in [-0.3, -0.25) is 9.59 Å². The molecule has 0 aliphatic carbocycles. The molecule has 0 fully saturated rings. The van der Waals surface area contributed by atoms with Crippen LogP contribution in [0.3, 0.4) is 0 Å². The second-order valence-electron chi connectivity index (χ2n) is 5.01. The maximum absolute atomic E-state index is 11.6. The molecule has 0 spiro atoms. The maximum Gasteiger partial charge on any atom is 0.303 e. The zero-order chi connectivity index (χ0) is 17.2. The first-order valence-electron chi connectivity index (χ1n) is 6.88. The molecule has 0 saturated carbocycles. The summed E-state index contributed by atoms with van der Waals surface area (Å²) in [5.74, 6) is -2.88. The van der Waals surface area contributed by atoms with Crippen LogP contribution in [0.4, 0.5) is 0 Å². The largest absolute Gasteiger partial charge is 0.481 e. The summed E-state index contributed by atoms with van der Waals surface area (Å²) >= 11 is 0. The summed E-state index contributed by atoms with van der Waals surface area (Å²) in [5.41, 5.74) is 0. The molecule has 10 heteroatoms. The molecule has 0 aromatic carbocycles.